The van der Waals surface area contributed by atoms with Crippen LogP contribution in [-0.4, -0.2) is 35.0 Å². The van der Waals surface area contributed by atoms with E-state index >= 15 is 0 Å². The lowest BCUT2D eigenvalue weighted by atomic mass is 10.1. The molecular formula is C21H21F2N3O3S. The molecule has 0 atom stereocenters. The van der Waals surface area contributed by atoms with Crippen molar-refractivity contribution in [2.75, 3.05) is 20.5 Å². The van der Waals surface area contributed by atoms with Crippen molar-refractivity contribution in [2.24, 2.45) is 0 Å². The average molecular weight is 433 g/mol. The third-order valence-electron chi connectivity index (χ3n) is 4.42. The van der Waals surface area contributed by atoms with Crippen molar-refractivity contribution in [1.29, 1.82) is 0 Å². The molecule has 2 heterocycles. The van der Waals surface area contributed by atoms with Crippen LogP contribution >= 0.6 is 11.8 Å². The van der Waals surface area contributed by atoms with Gasteiger partial charge in [0, 0.05) is 24.8 Å². The highest BCUT2D eigenvalue weighted by atomic mass is 32.2. The highest BCUT2D eigenvalue weighted by Crippen LogP contribution is 2.30. The summed E-state index contributed by atoms with van der Waals surface area (Å²) in [6.45, 7) is 1.06. The molecule has 0 fully saturated rings. The number of halogens is 2. The Morgan fingerprint density at radius 1 is 1.07 bits per heavy atom. The van der Waals surface area contributed by atoms with Gasteiger partial charge in [-0.2, -0.15) is 8.78 Å². The molecule has 2 aromatic heterocycles. The molecule has 0 radical (unpaired) electrons. The Balaban J connectivity index is 2.01. The van der Waals surface area contributed by atoms with Gasteiger partial charge in [-0.3, -0.25) is 4.79 Å². The first kappa shape index (κ1) is 21.8. The molecule has 3 aromatic rings. The summed E-state index contributed by atoms with van der Waals surface area (Å²) in [5, 5.41) is 0.238. The normalized spacial score (nSPS) is 11.4. The maximum Gasteiger partial charge on any atom is 0.287 e. The Bertz CT molecular complexity index is 1110. The first-order valence-electron chi connectivity index (χ1n) is 8.98. The smallest absolute Gasteiger partial charge is 0.287 e. The average Bonchev–Trinajstić information content (AvgIpc) is 2.74. The van der Waals surface area contributed by atoms with E-state index in [1.54, 1.807) is 37.8 Å². The Morgan fingerprint density at radius 2 is 1.80 bits per heavy atom. The number of pyridine rings is 1. The number of hydrogen-bond donors (Lipinski definition) is 0. The molecule has 0 aliphatic heterocycles. The van der Waals surface area contributed by atoms with E-state index in [0.717, 1.165) is 12.5 Å². The van der Waals surface area contributed by atoms with Crippen molar-refractivity contribution >= 4 is 11.8 Å². The van der Waals surface area contributed by atoms with E-state index in [1.807, 2.05) is 6.07 Å². The molecule has 0 aliphatic rings. The second-order valence-corrected chi connectivity index (χ2v) is 7.36. The van der Waals surface area contributed by atoms with E-state index in [-0.39, 0.29) is 23.0 Å². The summed E-state index contributed by atoms with van der Waals surface area (Å²) in [7, 11) is 3.08. The zero-order valence-electron chi connectivity index (χ0n) is 17.0. The fourth-order valence-corrected chi connectivity index (χ4v) is 3.25. The lowest BCUT2D eigenvalue weighted by Gasteiger charge is -2.14. The lowest BCUT2D eigenvalue weighted by molar-refractivity contribution is 0.0120. The van der Waals surface area contributed by atoms with Gasteiger partial charge in [0.2, 0.25) is 0 Å². The predicted octanol–water partition coefficient (Wildman–Crippen LogP) is 4.20. The van der Waals surface area contributed by atoms with Gasteiger partial charge in [0.1, 0.15) is 5.69 Å². The monoisotopic (exact) mass is 433 g/mol. The topological polar surface area (TPSA) is 66.2 Å². The van der Waals surface area contributed by atoms with E-state index < -0.39 is 5.92 Å². The fourth-order valence-electron chi connectivity index (χ4n) is 2.87. The van der Waals surface area contributed by atoms with Crippen molar-refractivity contribution in [2.45, 2.75) is 24.5 Å². The lowest BCUT2D eigenvalue weighted by Crippen LogP contribution is -2.19. The third-order valence-corrected chi connectivity index (χ3v) is 4.97. The van der Waals surface area contributed by atoms with Gasteiger partial charge < -0.3 is 14.0 Å². The molecule has 3 rings (SSSR count). The van der Waals surface area contributed by atoms with Crippen LogP contribution in [0.4, 0.5) is 8.78 Å². The Labute approximate surface area is 176 Å². The van der Waals surface area contributed by atoms with E-state index in [4.69, 9.17) is 9.47 Å². The number of aromatic nitrogens is 3. The number of hydrogen-bond acceptors (Lipinski definition) is 6. The number of rotatable bonds is 7. The van der Waals surface area contributed by atoms with Gasteiger partial charge in [-0.25, -0.2) is 9.97 Å². The van der Waals surface area contributed by atoms with Gasteiger partial charge in [0.05, 0.1) is 26.5 Å². The predicted molar refractivity (Wildman–Crippen MR) is 112 cm³/mol. The molecule has 0 bridgehead atoms. The molecule has 0 aliphatic carbocycles. The first-order valence-corrected chi connectivity index (χ1v) is 10.2. The van der Waals surface area contributed by atoms with Crippen molar-refractivity contribution in [3.05, 3.63) is 64.2 Å². The van der Waals surface area contributed by atoms with Crippen LogP contribution in [0.5, 0.6) is 11.5 Å². The maximum absolute atomic E-state index is 13.9. The molecule has 30 heavy (non-hydrogen) atoms. The molecule has 9 heteroatoms. The molecule has 0 N–H and O–H groups in total. The van der Waals surface area contributed by atoms with Crippen molar-refractivity contribution in [3.63, 3.8) is 0 Å². The van der Waals surface area contributed by atoms with Gasteiger partial charge in [-0.15, -0.1) is 0 Å². The minimum Gasteiger partial charge on any atom is -0.493 e. The molecule has 0 saturated carbocycles. The van der Waals surface area contributed by atoms with Crippen molar-refractivity contribution in [3.8, 4) is 22.8 Å². The van der Waals surface area contributed by atoms with Gasteiger partial charge in [-0.1, -0.05) is 17.8 Å². The molecule has 1 aromatic carbocycles. The number of nitrogens with zero attached hydrogens (tertiary/aromatic N) is 3. The standard InChI is InChI=1S/C21H21F2N3O3S/c1-21(22,23)18-10-15(24-20(25-18)30-4)14-6-8-19(27)26(12-14)11-13-5-7-16(28-2)17(9-13)29-3/h5-10,12H,11H2,1-4H3. The molecule has 0 unspecified atom stereocenters. The summed E-state index contributed by atoms with van der Waals surface area (Å²) in [6.07, 6.45) is 3.32. The summed E-state index contributed by atoms with van der Waals surface area (Å²) >= 11 is 1.18. The zero-order valence-corrected chi connectivity index (χ0v) is 17.8. The van der Waals surface area contributed by atoms with Crippen LogP contribution in [0.15, 0.2) is 52.5 Å². The Hall–Kier alpha value is -2.94. The molecule has 6 nitrogen and oxygen atoms in total. The maximum atomic E-state index is 13.9. The third kappa shape index (κ3) is 4.79. The summed E-state index contributed by atoms with van der Waals surface area (Å²) < 4.78 is 39.7. The number of benzene rings is 1. The van der Waals surface area contributed by atoms with Gasteiger partial charge in [-0.05, 0) is 36.1 Å². The second kappa shape index (κ2) is 8.83. The fraction of sp³-hybridized carbons (Fsp3) is 0.286. The number of ether oxygens (including phenoxy) is 2. The highest BCUT2D eigenvalue weighted by molar-refractivity contribution is 7.98. The first-order chi connectivity index (χ1) is 14.2. The van der Waals surface area contributed by atoms with Gasteiger partial charge in [0.15, 0.2) is 16.7 Å². The van der Waals surface area contributed by atoms with Crippen molar-refractivity contribution < 1.29 is 18.3 Å². The Morgan fingerprint density at radius 3 is 2.43 bits per heavy atom. The summed E-state index contributed by atoms with van der Waals surface area (Å²) in [5.74, 6) is -1.97. The molecular weight excluding hydrogens is 412 g/mol. The van der Waals surface area contributed by atoms with Gasteiger partial charge >= 0.3 is 0 Å². The number of methoxy groups -OCH3 is 2. The Kier molecular flexibility index (Phi) is 6.40. The number of thioether (sulfide) groups is 1. The van der Waals surface area contributed by atoms with E-state index in [2.05, 4.69) is 9.97 Å². The van der Waals surface area contributed by atoms with Crippen LogP contribution in [0.1, 0.15) is 18.2 Å². The van der Waals surface area contributed by atoms with Crippen LogP contribution in [0, 0.1) is 0 Å². The minimum atomic E-state index is -3.10. The SMILES string of the molecule is COc1ccc(Cn2cc(-c3cc(C(C)(F)F)nc(SC)n3)ccc2=O)cc1OC. The number of alkyl halides is 2. The molecule has 158 valence electrons. The minimum absolute atomic E-state index is 0.228. The van der Waals surface area contributed by atoms with Crippen molar-refractivity contribution in [1.82, 2.24) is 14.5 Å². The summed E-state index contributed by atoms with van der Waals surface area (Å²) in [4.78, 5) is 20.6. The largest absolute Gasteiger partial charge is 0.493 e. The van der Waals surface area contributed by atoms with E-state index in [1.165, 1.54) is 35.6 Å². The molecule has 0 saturated heterocycles. The summed E-state index contributed by atoms with van der Waals surface area (Å²) in [5.41, 5.74) is 1.09. The second-order valence-electron chi connectivity index (χ2n) is 6.59. The van der Waals surface area contributed by atoms with Gasteiger partial charge in [0.25, 0.3) is 11.5 Å². The van der Waals surface area contributed by atoms with Crippen LogP contribution in [0.25, 0.3) is 11.3 Å². The van der Waals surface area contributed by atoms with Crippen LogP contribution < -0.4 is 15.0 Å². The molecule has 0 amide bonds. The zero-order chi connectivity index (χ0) is 21.9. The van der Waals surface area contributed by atoms with E-state index in [0.29, 0.717) is 22.8 Å². The van der Waals surface area contributed by atoms with Crippen LogP contribution in [0.3, 0.4) is 0 Å². The summed E-state index contributed by atoms with van der Waals surface area (Å²) in [6, 6.07) is 9.57. The molecule has 0 spiro atoms. The highest BCUT2D eigenvalue weighted by Gasteiger charge is 2.28. The quantitative estimate of drug-likeness (QED) is 0.411. The van der Waals surface area contributed by atoms with Crippen LogP contribution in [-0.2, 0) is 12.5 Å². The van der Waals surface area contributed by atoms with E-state index in [9.17, 15) is 13.6 Å². The van der Waals surface area contributed by atoms with Crippen LogP contribution in [0.2, 0.25) is 0 Å².